The quantitative estimate of drug-likeness (QED) is 0.723. The van der Waals surface area contributed by atoms with E-state index in [1.165, 1.54) is 23.4 Å². The lowest BCUT2D eigenvalue weighted by Gasteiger charge is -2.15. The zero-order valence-corrected chi connectivity index (χ0v) is 8.46. The Bertz CT molecular complexity index is 447. The van der Waals surface area contributed by atoms with Crippen molar-refractivity contribution in [2.45, 2.75) is 12.5 Å². The van der Waals surface area contributed by atoms with Gasteiger partial charge in [0.1, 0.15) is 0 Å². The first-order valence-electron chi connectivity index (χ1n) is 4.82. The van der Waals surface area contributed by atoms with Crippen molar-refractivity contribution in [3.05, 3.63) is 24.0 Å². The van der Waals surface area contributed by atoms with Gasteiger partial charge in [-0.05, 0) is 6.07 Å². The number of pyridine rings is 1. The number of anilines is 1. The largest absolute Gasteiger partial charge is 0.478 e. The van der Waals surface area contributed by atoms with Crippen molar-refractivity contribution >= 4 is 17.6 Å². The van der Waals surface area contributed by atoms with Crippen LogP contribution in [0.25, 0.3) is 0 Å². The Kier molecular flexibility index (Phi) is 2.57. The second kappa shape index (κ2) is 3.90. The van der Waals surface area contributed by atoms with Crippen LogP contribution >= 0.6 is 0 Å². The number of carboxylic acids is 1. The highest BCUT2D eigenvalue weighted by Gasteiger charge is 2.28. The average molecular weight is 221 g/mol. The van der Waals surface area contributed by atoms with Crippen LogP contribution in [0.2, 0.25) is 0 Å². The Morgan fingerprint density at radius 2 is 2.31 bits per heavy atom. The van der Waals surface area contributed by atoms with Gasteiger partial charge in [-0.25, -0.2) is 4.79 Å². The highest BCUT2D eigenvalue weighted by Crippen LogP contribution is 2.20. The van der Waals surface area contributed by atoms with E-state index in [-0.39, 0.29) is 23.9 Å². The van der Waals surface area contributed by atoms with Gasteiger partial charge in [0.15, 0.2) is 0 Å². The Labute approximate surface area is 91.7 Å². The third-order valence-electron chi connectivity index (χ3n) is 2.44. The molecule has 0 aromatic carbocycles. The number of rotatable bonds is 2. The summed E-state index contributed by atoms with van der Waals surface area (Å²) in [5.74, 6) is -1.16. The molecule has 16 heavy (non-hydrogen) atoms. The van der Waals surface area contributed by atoms with Gasteiger partial charge in [0.2, 0.25) is 5.91 Å². The third-order valence-corrected chi connectivity index (χ3v) is 2.44. The van der Waals surface area contributed by atoms with Crippen LogP contribution in [0.4, 0.5) is 5.69 Å². The molecule has 1 aliphatic heterocycles. The summed E-state index contributed by atoms with van der Waals surface area (Å²) in [7, 11) is 0. The number of nitrogens with zero attached hydrogens (tertiary/aromatic N) is 2. The SMILES string of the molecule is NC1CC(=O)N(c2cncc(C(=O)O)c2)C1. The summed E-state index contributed by atoms with van der Waals surface area (Å²) < 4.78 is 0. The van der Waals surface area contributed by atoms with Crippen LogP contribution < -0.4 is 10.6 Å². The fraction of sp³-hybridized carbons (Fsp3) is 0.300. The van der Waals surface area contributed by atoms with E-state index in [4.69, 9.17) is 10.8 Å². The fourth-order valence-electron chi connectivity index (χ4n) is 1.68. The average Bonchev–Trinajstić information content (AvgIpc) is 2.58. The van der Waals surface area contributed by atoms with Gasteiger partial charge < -0.3 is 15.7 Å². The number of aromatic carboxylic acids is 1. The molecule has 2 heterocycles. The third kappa shape index (κ3) is 1.87. The molecule has 84 valence electrons. The molecule has 3 N–H and O–H groups in total. The molecule has 2 rings (SSSR count). The number of aromatic nitrogens is 1. The number of hydrogen-bond acceptors (Lipinski definition) is 4. The summed E-state index contributed by atoms with van der Waals surface area (Å²) in [6.07, 6.45) is 2.99. The van der Waals surface area contributed by atoms with Gasteiger partial charge in [0.05, 0.1) is 17.4 Å². The van der Waals surface area contributed by atoms with Crippen LogP contribution in [0.1, 0.15) is 16.8 Å². The number of hydrogen-bond donors (Lipinski definition) is 2. The highest BCUT2D eigenvalue weighted by molar-refractivity contribution is 5.97. The van der Waals surface area contributed by atoms with E-state index >= 15 is 0 Å². The van der Waals surface area contributed by atoms with E-state index in [0.29, 0.717) is 12.2 Å². The Morgan fingerprint density at radius 3 is 2.88 bits per heavy atom. The highest BCUT2D eigenvalue weighted by atomic mass is 16.4. The standard InChI is InChI=1S/C10H11N3O3/c11-7-2-9(14)13(5-7)8-1-6(10(15)16)3-12-4-8/h1,3-4,7H,2,5,11H2,(H,15,16). The van der Waals surface area contributed by atoms with Crippen molar-refractivity contribution in [1.82, 2.24) is 4.98 Å². The van der Waals surface area contributed by atoms with Gasteiger partial charge >= 0.3 is 5.97 Å². The molecule has 1 aromatic rings. The van der Waals surface area contributed by atoms with E-state index in [9.17, 15) is 9.59 Å². The van der Waals surface area contributed by atoms with Crippen LogP contribution in [0.15, 0.2) is 18.5 Å². The fourth-order valence-corrected chi connectivity index (χ4v) is 1.68. The zero-order chi connectivity index (χ0) is 11.7. The minimum atomic E-state index is -1.06. The number of carboxylic acid groups (broad SMARTS) is 1. The smallest absolute Gasteiger partial charge is 0.337 e. The van der Waals surface area contributed by atoms with Crippen LogP contribution in [0, 0.1) is 0 Å². The maximum atomic E-state index is 11.5. The van der Waals surface area contributed by atoms with E-state index in [0.717, 1.165) is 0 Å². The second-order valence-electron chi connectivity index (χ2n) is 3.71. The zero-order valence-electron chi connectivity index (χ0n) is 8.46. The van der Waals surface area contributed by atoms with E-state index in [2.05, 4.69) is 4.98 Å². The molecular formula is C10H11N3O3. The lowest BCUT2D eigenvalue weighted by molar-refractivity contribution is -0.117. The summed E-state index contributed by atoms with van der Waals surface area (Å²) in [5.41, 5.74) is 6.20. The molecule has 0 radical (unpaired) electrons. The van der Waals surface area contributed by atoms with E-state index in [1.54, 1.807) is 0 Å². The molecule has 0 saturated carbocycles. The van der Waals surface area contributed by atoms with Gasteiger partial charge in [0, 0.05) is 25.2 Å². The maximum Gasteiger partial charge on any atom is 0.337 e. The Morgan fingerprint density at radius 1 is 1.56 bits per heavy atom. The van der Waals surface area contributed by atoms with Crippen LogP contribution in [0.5, 0.6) is 0 Å². The van der Waals surface area contributed by atoms with Crippen LogP contribution in [0.3, 0.4) is 0 Å². The molecule has 0 aliphatic carbocycles. The molecule has 1 amide bonds. The van der Waals surface area contributed by atoms with Crippen molar-refractivity contribution in [2.75, 3.05) is 11.4 Å². The number of nitrogens with two attached hydrogens (primary N) is 1. The van der Waals surface area contributed by atoms with Crippen molar-refractivity contribution in [2.24, 2.45) is 5.73 Å². The molecule has 0 bridgehead atoms. The Hall–Kier alpha value is -1.95. The maximum absolute atomic E-state index is 11.5. The number of amides is 1. The molecule has 1 atom stereocenters. The van der Waals surface area contributed by atoms with E-state index < -0.39 is 5.97 Å². The van der Waals surface area contributed by atoms with E-state index in [1.807, 2.05) is 0 Å². The minimum Gasteiger partial charge on any atom is -0.478 e. The van der Waals surface area contributed by atoms with Gasteiger partial charge in [0.25, 0.3) is 0 Å². The summed E-state index contributed by atoms with van der Waals surface area (Å²) in [6.45, 7) is 0.406. The molecule has 1 fully saturated rings. The van der Waals surface area contributed by atoms with Crippen LogP contribution in [-0.2, 0) is 4.79 Å². The first-order valence-corrected chi connectivity index (χ1v) is 4.82. The predicted octanol–water partition coefficient (Wildman–Crippen LogP) is -0.156. The van der Waals surface area contributed by atoms with Crippen molar-refractivity contribution < 1.29 is 14.7 Å². The first kappa shape index (κ1) is 10.6. The van der Waals surface area contributed by atoms with Gasteiger partial charge in [-0.3, -0.25) is 9.78 Å². The summed E-state index contributed by atoms with van der Waals surface area (Å²) in [4.78, 5) is 27.5. The van der Waals surface area contributed by atoms with Gasteiger partial charge in [-0.2, -0.15) is 0 Å². The summed E-state index contributed by atoms with van der Waals surface area (Å²) >= 11 is 0. The second-order valence-corrected chi connectivity index (χ2v) is 3.71. The molecule has 1 aromatic heterocycles. The van der Waals surface area contributed by atoms with Gasteiger partial charge in [-0.1, -0.05) is 0 Å². The first-order chi connectivity index (χ1) is 7.58. The molecule has 0 spiro atoms. The molecule has 1 unspecified atom stereocenters. The van der Waals surface area contributed by atoms with Crippen molar-refractivity contribution in [3.63, 3.8) is 0 Å². The van der Waals surface area contributed by atoms with Gasteiger partial charge in [-0.15, -0.1) is 0 Å². The van der Waals surface area contributed by atoms with Crippen LogP contribution in [-0.4, -0.2) is 34.6 Å². The topological polar surface area (TPSA) is 96.5 Å². The van der Waals surface area contributed by atoms with Crippen molar-refractivity contribution in [1.29, 1.82) is 0 Å². The molecule has 6 heteroatoms. The minimum absolute atomic E-state index is 0.0609. The number of carbonyl (C=O) groups is 2. The summed E-state index contributed by atoms with van der Waals surface area (Å²) in [5, 5.41) is 8.80. The lowest BCUT2D eigenvalue weighted by Crippen LogP contribution is -2.28. The summed E-state index contributed by atoms with van der Waals surface area (Å²) in [6, 6.07) is 1.23. The van der Waals surface area contributed by atoms with Crippen molar-refractivity contribution in [3.8, 4) is 0 Å². The Balaban J connectivity index is 2.30. The molecule has 6 nitrogen and oxygen atoms in total. The molecule has 1 aliphatic rings. The lowest BCUT2D eigenvalue weighted by atomic mass is 10.2. The molecular weight excluding hydrogens is 210 g/mol. The molecule has 1 saturated heterocycles. The predicted molar refractivity (Wildman–Crippen MR) is 56.1 cm³/mol. The number of carbonyl (C=O) groups excluding carboxylic acids is 1. The monoisotopic (exact) mass is 221 g/mol. The normalized spacial score (nSPS) is 20.2.